The highest BCUT2D eigenvalue weighted by Gasteiger charge is 2.31. The van der Waals surface area contributed by atoms with Crippen LogP contribution in [0.4, 0.5) is 9.59 Å². The van der Waals surface area contributed by atoms with Crippen LogP contribution in [0.3, 0.4) is 0 Å². The summed E-state index contributed by atoms with van der Waals surface area (Å²) in [6.07, 6.45) is 7.81. The highest BCUT2D eigenvalue weighted by Crippen LogP contribution is 2.38. The molecule has 13 aliphatic heterocycles. The third-order valence-electron chi connectivity index (χ3n) is 17.9. The molecule has 0 atom stereocenters. The molecule has 0 amide bonds. The molecule has 21 rings (SSSR count). The summed E-state index contributed by atoms with van der Waals surface area (Å²) in [5.41, 5.74) is 13.2. The van der Waals surface area contributed by atoms with Gasteiger partial charge in [0.25, 0.3) is 0 Å². The van der Waals surface area contributed by atoms with Crippen LogP contribution in [0.25, 0.3) is 0 Å². The molecule has 12 heteroatoms. The van der Waals surface area contributed by atoms with Gasteiger partial charge in [-0.2, -0.15) is 0 Å². The Bertz CT molecular complexity index is 3590. The Labute approximate surface area is 537 Å². The molecule has 13 aliphatic rings. The van der Waals surface area contributed by atoms with Gasteiger partial charge in [-0.25, -0.2) is 9.59 Å². The van der Waals surface area contributed by atoms with E-state index in [2.05, 4.69) is 191 Å². The second kappa shape index (κ2) is 29.0. The Morgan fingerprint density at radius 1 is 0.278 bits per heavy atom. The molecule has 8 aromatic carbocycles. The van der Waals surface area contributed by atoms with Crippen molar-refractivity contribution in [3.8, 4) is 28.7 Å². The first-order valence-corrected chi connectivity index (χ1v) is 37.7. The highest BCUT2D eigenvalue weighted by molar-refractivity contribution is 6.65. The fourth-order valence-electron chi connectivity index (χ4n) is 11.7. The van der Waals surface area contributed by atoms with Gasteiger partial charge in [0.1, 0.15) is 28.7 Å². The van der Waals surface area contributed by atoms with Crippen LogP contribution in [-0.2, 0) is 54.5 Å². The molecule has 0 spiro atoms. The van der Waals surface area contributed by atoms with Gasteiger partial charge in [-0.05, 0) is 206 Å². The van der Waals surface area contributed by atoms with E-state index in [0.717, 1.165) is 92.6 Å². The molecule has 16 bridgehead atoms. The molecule has 0 saturated heterocycles. The normalized spacial score (nSPS) is 18.5. The second-order valence-corrected chi connectivity index (χ2v) is 33.5. The average Bonchev–Trinajstić information content (AvgIpc) is 0.895. The Morgan fingerprint density at radius 3 is 0.767 bits per heavy atom. The van der Waals surface area contributed by atoms with E-state index in [4.69, 9.17) is 36.7 Å². The van der Waals surface area contributed by atoms with Gasteiger partial charge in [0.2, 0.25) is 0 Å². The third kappa shape index (κ3) is 17.8. The largest absolute Gasteiger partial charge is 0.520 e. The molecule has 0 saturated carbocycles. The van der Waals surface area contributed by atoms with E-state index in [1.54, 1.807) is 12.1 Å². The summed E-state index contributed by atoms with van der Waals surface area (Å²) in [6, 6.07) is 66.4. The molecule has 0 fully saturated rings. The van der Waals surface area contributed by atoms with Crippen LogP contribution in [0.5, 0.6) is 28.7 Å². The van der Waals surface area contributed by atoms with Crippen molar-refractivity contribution in [1.29, 1.82) is 0 Å². The van der Waals surface area contributed by atoms with Crippen molar-refractivity contribution in [2.75, 3.05) is 19.8 Å². The first-order valence-electron chi connectivity index (χ1n) is 32.1. The summed E-state index contributed by atoms with van der Waals surface area (Å²) < 4.78 is 46.1. The van der Waals surface area contributed by atoms with Crippen molar-refractivity contribution in [1.82, 2.24) is 0 Å². The van der Waals surface area contributed by atoms with Crippen LogP contribution in [0.2, 0.25) is 26.2 Å². The summed E-state index contributed by atoms with van der Waals surface area (Å²) in [7, 11) is -4.45. The number of aryl methyl sites for hydroxylation is 3. The molecule has 8 aromatic rings. The molecule has 0 aromatic heterocycles. The van der Waals surface area contributed by atoms with Crippen LogP contribution in [0.1, 0.15) is 155 Å². The van der Waals surface area contributed by atoms with Gasteiger partial charge in [-0.3, -0.25) is 0 Å². The van der Waals surface area contributed by atoms with Crippen LogP contribution < -0.4 is 23.1 Å². The van der Waals surface area contributed by atoms with Gasteiger partial charge in [-0.15, -0.1) is 0 Å². The Balaban J connectivity index is 0.000000173. The molecule has 10 nitrogen and oxygen atoms in total. The lowest BCUT2D eigenvalue weighted by Crippen LogP contribution is -2.38. The van der Waals surface area contributed by atoms with Crippen LogP contribution in [-0.4, -0.2) is 49.3 Å². The second-order valence-electron chi connectivity index (χ2n) is 26.9. The summed E-state index contributed by atoms with van der Waals surface area (Å²) >= 11 is 0. The molecule has 0 aliphatic carbocycles. The predicted molar refractivity (Wildman–Crippen MR) is 366 cm³/mol. The van der Waals surface area contributed by atoms with Gasteiger partial charge >= 0.3 is 29.4 Å². The number of hydrogen-bond acceptors (Lipinski definition) is 10. The zero-order chi connectivity index (χ0) is 64.2. The molecule has 0 unspecified atom stereocenters. The average molecular weight is 1250 g/mol. The van der Waals surface area contributed by atoms with Crippen LogP contribution in [0, 0.1) is 0 Å². The molecule has 90 heavy (non-hydrogen) atoms. The van der Waals surface area contributed by atoms with Crippen molar-refractivity contribution >= 4 is 29.4 Å². The lowest BCUT2D eigenvalue weighted by Gasteiger charge is -2.28. The van der Waals surface area contributed by atoms with E-state index in [1.165, 1.54) is 44.5 Å². The number of carbonyl (C=O) groups is 2. The molecule has 472 valence electrons. The zero-order valence-corrected chi connectivity index (χ0v) is 57.0. The summed E-state index contributed by atoms with van der Waals surface area (Å²) in [4.78, 5) is 24.2. The first-order chi connectivity index (χ1) is 42.8. The van der Waals surface area contributed by atoms with Gasteiger partial charge in [0.15, 0.2) is 0 Å². The summed E-state index contributed by atoms with van der Waals surface area (Å²) in [6.45, 7) is 28.0. The zero-order valence-electron chi connectivity index (χ0n) is 55.0. The standard InChI is InChI=1S/C37H42O5Si.C21H28O2Si.C20H22O3/c1-36(2)28-12-10-27(11-13-28)9-7-8-26-39-43(5,6)42-34-24-18-31(19-25-34)37(3,4)30-16-22-33(23-17-30)41-35(38)40-32-20-14-29(36)15-21-32;1-21(2)18-10-8-17(9-11-18)7-5-6-16-22-24(3,4)23-20-14-12-19(21)13-15-20;1-20(2)16-8-6-15(7-9-16)5-3-4-14-22-19(21)23-18-12-10-17(20)11-13-18/h10-25H,7-9,26H2,1-6H3;8-15H,5-7,16H2,1-4H3;6-13H,3-5,14H2,1-2H3. The molecular weight excluding hydrogens is 1150 g/mol. The highest BCUT2D eigenvalue weighted by atomic mass is 28.4. The van der Waals surface area contributed by atoms with Gasteiger partial charge < -0.3 is 36.7 Å². The number of fused-ring (bicyclic) bond motifs is 4. The number of ether oxygens (including phenoxy) is 4. The number of rotatable bonds is 0. The Hall–Kier alpha value is -7.75. The lowest BCUT2D eigenvalue weighted by molar-refractivity contribution is 0.0974. The molecule has 0 N–H and O–H groups in total. The van der Waals surface area contributed by atoms with Crippen molar-refractivity contribution < 1.29 is 46.2 Å². The quantitative estimate of drug-likeness (QED) is 0.0827. The van der Waals surface area contributed by atoms with Gasteiger partial charge in [0.05, 0.1) is 6.61 Å². The van der Waals surface area contributed by atoms with Crippen molar-refractivity contribution in [3.05, 3.63) is 255 Å². The molecule has 13 heterocycles. The van der Waals surface area contributed by atoms with E-state index in [0.29, 0.717) is 30.5 Å². The van der Waals surface area contributed by atoms with E-state index in [9.17, 15) is 9.59 Å². The predicted octanol–water partition coefficient (Wildman–Crippen LogP) is 19.7. The Morgan fingerprint density at radius 2 is 0.500 bits per heavy atom. The SMILES string of the molecule is CC1(C)c2ccc(cc2)CCCCOC(=O)Oc2ccc1cc2.CC1(C)c2ccc(cc2)CCCCO[Si](C)(C)Oc2ccc(cc2)C(C)(C)c2ccc(cc2)OC(=O)Oc2ccc1cc2.CC1(C)c2ccc(cc2)CCCCO[Si](C)(C)Oc2ccc1cc2. The maximum Gasteiger partial charge on any atom is 0.519 e. The van der Waals surface area contributed by atoms with Crippen molar-refractivity contribution in [3.63, 3.8) is 0 Å². The Kier molecular flexibility index (Phi) is 21.5. The summed E-state index contributed by atoms with van der Waals surface area (Å²) in [5.74, 6) is 3.11. The lowest BCUT2D eigenvalue weighted by atomic mass is 9.78. The summed E-state index contributed by atoms with van der Waals surface area (Å²) in [5, 5.41) is 0. The van der Waals surface area contributed by atoms with Crippen molar-refractivity contribution in [2.24, 2.45) is 0 Å². The minimum absolute atomic E-state index is 0.0163. The first kappa shape index (κ1) is 66.7. The number of benzene rings is 8. The number of hydrogen-bond donors (Lipinski definition) is 0. The topological polar surface area (TPSA) is 108 Å². The van der Waals surface area contributed by atoms with Crippen LogP contribution in [0.15, 0.2) is 194 Å². The van der Waals surface area contributed by atoms with Crippen LogP contribution >= 0.6 is 0 Å². The fraction of sp³-hybridized carbons (Fsp3) is 0.359. The minimum atomic E-state index is -2.33. The van der Waals surface area contributed by atoms with E-state index >= 15 is 0 Å². The third-order valence-corrected chi connectivity index (χ3v) is 21.2. The van der Waals surface area contributed by atoms with Crippen molar-refractivity contribution in [2.45, 2.75) is 161 Å². The smallest absolute Gasteiger partial charge is 0.519 e. The maximum absolute atomic E-state index is 12.6. The molecule has 0 radical (unpaired) electrons. The van der Waals surface area contributed by atoms with Gasteiger partial charge in [0, 0.05) is 34.9 Å². The minimum Gasteiger partial charge on any atom is -0.520 e. The maximum atomic E-state index is 12.6. The van der Waals surface area contributed by atoms with E-state index < -0.39 is 29.4 Å². The van der Waals surface area contributed by atoms with E-state index in [-0.39, 0.29) is 21.7 Å². The fourth-order valence-corrected chi connectivity index (χ4v) is 14.5. The van der Waals surface area contributed by atoms with E-state index in [1.807, 2.05) is 72.8 Å². The number of carbonyl (C=O) groups excluding carboxylic acids is 2. The molecular formula is C78H92O10Si2. The monoisotopic (exact) mass is 1240 g/mol. The van der Waals surface area contributed by atoms with Gasteiger partial charge in [-0.1, -0.05) is 189 Å².